The van der Waals surface area contributed by atoms with Crippen molar-refractivity contribution < 1.29 is 0 Å². The molecule has 0 aliphatic carbocycles. The monoisotopic (exact) mass is 124 g/mol. The molecule has 0 aromatic rings. The van der Waals surface area contributed by atoms with Crippen molar-refractivity contribution in [3.8, 4) is 0 Å². The Kier molecular flexibility index (Phi) is 2.28. The number of hydrogen-bond acceptors (Lipinski definition) is 4. The van der Waals surface area contributed by atoms with Crippen LogP contribution in [0.25, 0.3) is 0 Å². The minimum absolute atomic E-state index is 0.542. The van der Waals surface area contributed by atoms with Gasteiger partial charge < -0.3 is 0 Å². The molecule has 4 heteroatoms. The van der Waals surface area contributed by atoms with E-state index in [2.05, 4.69) is 30.7 Å². The lowest BCUT2D eigenvalue weighted by molar-refractivity contribution is 0.696. The first-order valence-electron chi connectivity index (χ1n) is 1.49. The molecule has 0 aromatic carbocycles. The smallest absolute Gasteiger partial charge is 0.115 e. The van der Waals surface area contributed by atoms with E-state index in [1.165, 1.54) is 0 Å². The second-order valence-corrected chi connectivity index (χ2v) is 3.31. The summed E-state index contributed by atoms with van der Waals surface area (Å²) in [6.45, 7) is 1.74. The van der Waals surface area contributed by atoms with Gasteiger partial charge in [-0.1, -0.05) is 0 Å². The lowest BCUT2D eigenvalue weighted by Crippen LogP contribution is -2.36. The van der Waals surface area contributed by atoms with Crippen molar-refractivity contribution in [1.82, 2.24) is 5.43 Å². The number of nitrogens with one attached hydrogen (secondary N) is 1. The molecular weight excluding hydrogens is 116 g/mol. The predicted octanol–water partition coefficient (Wildman–Crippen LogP) is -0.0170. The molecule has 0 saturated heterocycles. The molecule has 0 amide bonds. The van der Waals surface area contributed by atoms with Gasteiger partial charge in [0.2, 0.25) is 0 Å². The summed E-state index contributed by atoms with van der Waals surface area (Å²) in [5, 5.41) is 0. The van der Waals surface area contributed by atoms with E-state index in [-0.39, 0.29) is 0 Å². The Labute approximate surface area is 48.3 Å². The van der Waals surface area contributed by atoms with Crippen molar-refractivity contribution in [2.45, 2.75) is 11.1 Å². The highest BCUT2D eigenvalue weighted by Crippen LogP contribution is 2.10. The highest BCUT2D eigenvalue weighted by Gasteiger charge is 2.05. The predicted molar refractivity (Wildman–Crippen MR) is 33.7 cm³/mol. The molecule has 0 aromatic heterocycles. The second-order valence-electron chi connectivity index (χ2n) is 1.17. The SMILES string of the molecule is CC(S)(S)NN. The molecule has 2 nitrogen and oxygen atoms in total. The van der Waals surface area contributed by atoms with E-state index in [1.54, 1.807) is 6.92 Å². The normalized spacial score (nSPS) is 12.0. The average Bonchev–Trinajstić information content (AvgIpc) is 1.35. The fourth-order valence-electron chi connectivity index (χ4n) is 0. The first kappa shape index (κ1) is 6.62. The van der Waals surface area contributed by atoms with Gasteiger partial charge >= 0.3 is 0 Å². The maximum atomic E-state index is 4.90. The minimum atomic E-state index is -0.542. The fourth-order valence-corrected chi connectivity index (χ4v) is 0. The van der Waals surface area contributed by atoms with Gasteiger partial charge in [-0.2, -0.15) is 0 Å². The van der Waals surface area contributed by atoms with Crippen molar-refractivity contribution in [1.29, 1.82) is 0 Å². The fraction of sp³-hybridized carbons (Fsp3) is 1.00. The van der Waals surface area contributed by atoms with E-state index < -0.39 is 4.20 Å². The molecule has 0 aliphatic rings. The van der Waals surface area contributed by atoms with Crippen LogP contribution >= 0.6 is 25.3 Å². The van der Waals surface area contributed by atoms with Gasteiger partial charge in [0.15, 0.2) is 0 Å². The number of thiol groups is 2. The van der Waals surface area contributed by atoms with Crippen molar-refractivity contribution in [2.24, 2.45) is 5.84 Å². The van der Waals surface area contributed by atoms with E-state index in [9.17, 15) is 0 Å². The van der Waals surface area contributed by atoms with Crippen LogP contribution in [0.1, 0.15) is 6.92 Å². The highest BCUT2D eigenvalue weighted by molar-refractivity contribution is 8.00. The largest absolute Gasteiger partial charge is 0.269 e. The van der Waals surface area contributed by atoms with Crippen molar-refractivity contribution in [2.75, 3.05) is 0 Å². The van der Waals surface area contributed by atoms with Gasteiger partial charge in [-0.25, -0.2) is 5.43 Å². The molecule has 0 spiro atoms. The molecule has 0 bridgehead atoms. The van der Waals surface area contributed by atoms with E-state index in [1.807, 2.05) is 0 Å². The molecule has 0 fully saturated rings. The quantitative estimate of drug-likeness (QED) is 0.172. The van der Waals surface area contributed by atoms with Crippen LogP contribution in [0.2, 0.25) is 0 Å². The molecule has 38 valence electrons. The Balaban J connectivity index is 3.17. The lowest BCUT2D eigenvalue weighted by atomic mass is 10.8. The summed E-state index contributed by atoms with van der Waals surface area (Å²) in [6.07, 6.45) is 0. The summed E-state index contributed by atoms with van der Waals surface area (Å²) >= 11 is 7.77. The number of nitrogens with two attached hydrogens (primary N) is 1. The maximum absolute atomic E-state index is 4.90. The van der Waals surface area contributed by atoms with Crippen molar-refractivity contribution in [3.05, 3.63) is 0 Å². The van der Waals surface area contributed by atoms with E-state index >= 15 is 0 Å². The molecule has 0 radical (unpaired) electrons. The summed E-state index contributed by atoms with van der Waals surface area (Å²) in [5.41, 5.74) is 2.33. The van der Waals surface area contributed by atoms with E-state index in [0.717, 1.165) is 0 Å². The van der Waals surface area contributed by atoms with Gasteiger partial charge in [0.05, 0.1) is 0 Å². The van der Waals surface area contributed by atoms with Crippen LogP contribution in [0.15, 0.2) is 0 Å². The summed E-state index contributed by atoms with van der Waals surface area (Å²) < 4.78 is -0.542. The molecule has 0 heterocycles. The van der Waals surface area contributed by atoms with Crippen LogP contribution in [0.5, 0.6) is 0 Å². The number of hydrazine groups is 1. The van der Waals surface area contributed by atoms with E-state index in [0.29, 0.717) is 0 Å². The Hall–Kier alpha value is 0.620. The van der Waals surface area contributed by atoms with Gasteiger partial charge in [0.1, 0.15) is 4.20 Å². The lowest BCUT2D eigenvalue weighted by Gasteiger charge is -2.12. The third-order valence-electron chi connectivity index (χ3n) is 0.273. The summed E-state index contributed by atoms with van der Waals surface area (Å²) in [7, 11) is 0. The van der Waals surface area contributed by atoms with Gasteiger partial charge in [-0.15, -0.1) is 25.3 Å². The third-order valence-corrected chi connectivity index (χ3v) is 0.532. The van der Waals surface area contributed by atoms with Crippen LogP contribution in [0.4, 0.5) is 0 Å². The van der Waals surface area contributed by atoms with Gasteiger partial charge in [-0.05, 0) is 6.92 Å². The Morgan fingerprint density at radius 1 is 1.67 bits per heavy atom. The molecule has 3 N–H and O–H groups in total. The van der Waals surface area contributed by atoms with Crippen molar-refractivity contribution >= 4 is 25.3 Å². The average molecular weight is 124 g/mol. The highest BCUT2D eigenvalue weighted by atomic mass is 32.2. The summed E-state index contributed by atoms with van der Waals surface area (Å²) in [6, 6.07) is 0. The van der Waals surface area contributed by atoms with E-state index in [4.69, 9.17) is 5.84 Å². The van der Waals surface area contributed by atoms with Gasteiger partial charge in [-0.3, -0.25) is 5.84 Å². The molecule has 6 heavy (non-hydrogen) atoms. The first-order chi connectivity index (χ1) is 2.56. The van der Waals surface area contributed by atoms with Crippen LogP contribution in [0, 0.1) is 0 Å². The molecule has 0 atom stereocenters. The van der Waals surface area contributed by atoms with Crippen LogP contribution < -0.4 is 11.3 Å². The second kappa shape index (κ2) is 2.07. The topological polar surface area (TPSA) is 38.0 Å². The zero-order valence-corrected chi connectivity index (χ0v) is 5.26. The zero-order valence-electron chi connectivity index (χ0n) is 3.47. The molecule has 0 unspecified atom stereocenters. The van der Waals surface area contributed by atoms with Crippen molar-refractivity contribution in [3.63, 3.8) is 0 Å². The number of rotatable bonds is 1. The van der Waals surface area contributed by atoms with Gasteiger partial charge in [0.25, 0.3) is 0 Å². The van der Waals surface area contributed by atoms with Gasteiger partial charge in [0, 0.05) is 0 Å². The van der Waals surface area contributed by atoms with Crippen LogP contribution in [-0.4, -0.2) is 4.20 Å². The maximum Gasteiger partial charge on any atom is 0.115 e. The summed E-state index contributed by atoms with van der Waals surface area (Å²) in [5.74, 6) is 4.90. The molecule has 0 saturated carbocycles. The Morgan fingerprint density at radius 2 is 1.83 bits per heavy atom. The van der Waals surface area contributed by atoms with Crippen LogP contribution in [0.3, 0.4) is 0 Å². The zero-order chi connectivity index (χ0) is 5.21. The third kappa shape index (κ3) is 4.62. The molecular formula is C2H8N2S2. The standard InChI is InChI=1S/C2H8N2S2/c1-2(5,6)4-3/h4-6H,3H2,1H3. The van der Waals surface area contributed by atoms with Crippen LogP contribution in [-0.2, 0) is 0 Å². The Morgan fingerprint density at radius 3 is 1.83 bits per heavy atom. The first-order valence-corrected chi connectivity index (χ1v) is 2.38. The summed E-state index contributed by atoms with van der Waals surface area (Å²) in [4.78, 5) is 0. The number of hydrogen-bond donors (Lipinski definition) is 4. The minimum Gasteiger partial charge on any atom is -0.269 e. The molecule has 0 rings (SSSR count). The molecule has 0 aliphatic heterocycles. The Bertz CT molecular complexity index is 39.3.